The molecule has 1 aliphatic heterocycles. The van der Waals surface area contributed by atoms with E-state index in [0.717, 1.165) is 5.56 Å². The van der Waals surface area contributed by atoms with Crippen LogP contribution in [0.2, 0.25) is 0 Å². The van der Waals surface area contributed by atoms with Crippen molar-refractivity contribution in [1.29, 1.82) is 0 Å². The second kappa shape index (κ2) is 7.24. The minimum atomic E-state index is -1.31. The summed E-state index contributed by atoms with van der Waals surface area (Å²) in [6.07, 6.45) is -1.21. The zero-order chi connectivity index (χ0) is 16.1. The van der Waals surface area contributed by atoms with E-state index in [-0.39, 0.29) is 6.10 Å². The van der Waals surface area contributed by atoms with Crippen LogP contribution in [0.4, 0.5) is 4.79 Å². The van der Waals surface area contributed by atoms with Gasteiger partial charge in [0.15, 0.2) is 6.04 Å². The van der Waals surface area contributed by atoms with Gasteiger partial charge in [-0.2, -0.15) is 0 Å². The fourth-order valence-corrected chi connectivity index (χ4v) is 2.11. The van der Waals surface area contributed by atoms with Crippen LogP contribution in [0, 0.1) is 0 Å². The number of benzene rings is 1. The van der Waals surface area contributed by atoms with Crippen LogP contribution in [-0.4, -0.2) is 58.5 Å². The topological polar surface area (TPSA) is 99.1 Å². The molecule has 2 rings (SSSR count). The third kappa shape index (κ3) is 4.19. The second-order valence-corrected chi connectivity index (χ2v) is 5.33. The maximum Gasteiger partial charge on any atom is 0.328 e. The van der Waals surface area contributed by atoms with Crippen LogP contribution < -0.4 is 5.32 Å². The number of aliphatic hydroxyl groups excluding tert-OH is 1. The Bertz CT molecular complexity index is 514. The zero-order valence-corrected chi connectivity index (χ0v) is 12.3. The summed E-state index contributed by atoms with van der Waals surface area (Å²) in [5, 5.41) is 20.5. The summed E-state index contributed by atoms with van der Waals surface area (Å²) in [7, 11) is 0. The molecule has 22 heavy (non-hydrogen) atoms. The lowest BCUT2D eigenvalue weighted by Gasteiger charge is -2.39. The van der Waals surface area contributed by atoms with Crippen molar-refractivity contribution in [2.45, 2.75) is 31.8 Å². The predicted molar refractivity (Wildman–Crippen MR) is 78.2 cm³/mol. The summed E-state index contributed by atoms with van der Waals surface area (Å²) < 4.78 is 5.66. The van der Waals surface area contributed by atoms with Gasteiger partial charge in [0.1, 0.15) is 0 Å². The Labute approximate surface area is 128 Å². The van der Waals surface area contributed by atoms with Gasteiger partial charge in [0, 0.05) is 0 Å². The highest BCUT2D eigenvalue weighted by molar-refractivity contribution is 5.83. The first kappa shape index (κ1) is 16.3. The van der Waals surface area contributed by atoms with Crippen molar-refractivity contribution in [3.05, 3.63) is 35.9 Å². The first-order valence-corrected chi connectivity index (χ1v) is 7.09. The predicted octanol–water partition coefficient (Wildman–Crippen LogP) is 0.431. The molecule has 0 unspecified atom stereocenters. The molecule has 1 aromatic carbocycles. The number of hydrogen-bond acceptors (Lipinski definition) is 4. The van der Waals surface area contributed by atoms with Crippen molar-refractivity contribution in [3.8, 4) is 0 Å². The third-order valence-corrected chi connectivity index (χ3v) is 3.49. The van der Waals surface area contributed by atoms with Crippen LogP contribution in [0.15, 0.2) is 30.3 Å². The van der Waals surface area contributed by atoms with E-state index in [1.807, 2.05) is 30.3 Å². The molecule has 7 nitrogen and oxygen atoms in total. The van der Waals surface area contributed by atoms with E-state index in [1.165, 1.54) is 11.8 Å². The number of amides is 2. The standard InChI is InChI=1S/C15H20N2O5/c1-10(18)13(14(19)20)16-15(21)17-7-12(8-17)22-9-11-5-3-2-4-6-11/h2-6,10,12-13,18H,7-9H2,1H3,(H,16,21)(H,19,20)/t10-,13-/m1/s1. The van der Waals surface area contributed by atoms with E-state index in [0.29, 0.717) is 19.7 Å². The lowest BCUT2D eigenvalue weighted by atomic mass is 10.1. The lowest BCUT2D eigenvalue weighted by molar-refractivity contribution is -0.141. The average Bonchev–Trinajstić information content (AvgIpc) is 2.43. The summed E-state index contributed by atoms with van der Waals surface area (Å²) in [6.45, 7) is 2.61. The van der Waals surface area contributed by atoms with Gasteiger partial charge < -0.3 is 25.2 Å². The summed E-state index contributed by atoms with van der Waals surface area (Å²) in [5.41, 5.74) is 1.06. The van der Waals surface area contributed by atoms with E-state index in [4.69, 9.17) is 9.84 Å². The van der Waals surface area contributed by atoms with Gasteiger partial charge >= 0.3 is 12.0 Å². The molecular formula is C15H20N2O5. The summed E-state index contributed by atoms with van der Waals surface area (Å²) >= 11 is 0. The molecule has 2 amide bonds. The normalized spacial score (nSPS) is 17.5. The van der Waals surface area contributed by atoms with Gasteiger partial charge in [-0.25, -0.2) is 9.59 Å². The van der Waals surface area contributed by atoms with Crippen LogP contribution in [0.5, 0.6) is 0 Å². The average molecular weight is 308 g/mol. The number of carboxylic acids is 1. The van der Waals surface area contributed by atoms with E-state index in [1.54, 1.807) is 0 Å². The molecule has 1 saturated heterocycles. The Morgan fingerprint density at radius 2 is 2.00 bits per heavy atom. The molecule has 1 aliphatic rings. The van der Waals surface area contributed by atoms with Crippen molar-refractivity contribution in [2.75, 3.05) is 13.1 Å². The molecule has 0 bridgehead atoms. The molecule has 0 aromatic heterocycles. The minimum Gasteiger partial charge on any atom is -0.480 e. The van der Waals surface area contributed by atoms with Gasteiger partial charge in [0.2, 0.25) is 0 Å². The second-order valence-electron chi connectivity index (χ2n) is 5.33. The van der Waals surface area contributed by atoms with Gasteiger partial charge in [-0.05, 0) is 12.5 Å². The fraction of sp³-hybridized carbons (Fsp3) is 0.467. The lowest BCUT2D eigenvalue weighted by Crippen LogP contribution is -2.61. The Balaban J connectivity index is 1.72. The van der Waals surface area contributed by atoms with Crippen LogP contribution in [0.25, 0.3) is 0 Å². The highest BCUT2D eigenvalue weighted by atomic mass is 16.5. The van der Waals surface area contributed by atoms with Crippen molar-refractivity contribution in [3.63, 3.8) is 0 Å². The Morgan fingerprint density at radius 1 is 1.36 bits per heavy atom. The van der Waals surface area contributed by atoms with Gasteiger partial charge in [0.05, 0.1) is 31.9 Å². The molecule has 1 aromatic rings. The molecule has 0 saturated carbocycles. The molecule has 0 aliphatic carbocycles. The molecule has 0 radical (unpaired) electrons. The molecule has 120 valence electrons. The number of nitrogens with one attached hydrogen (secondary N) is 1. The molecule has 0 spiro atoms. The van der Waals surface area contributed by atoms with E-state index >= 15 is 0 Å². The maximum absolute atomic E-state index is 11.8. The van der Waals surface area contributed by atoms with Crippen molar-refractivity contribution < 1.29 is 24.5 Å². The van der Waals surface area contributed by atoms with E-state index in [2.05, 4.69) is 5.32 Å². The third-order valence-electron chi connectivity index (χ3n) is 3.49. The fourth-order valence-electron chi connectivity index (χ4n) is 2.11. The molecule has 2 atom stereocenters. The number of urea groups is 1. The Hall–Kier alpha value is -2.12. The van der Waals surface area contributed by atoms with Gasteiger partial charge in [-0.3, -0.25) is 0 Å². The largest absolute Gasteiger partial charge is 0.480 e. The number of nitrogens with zero attached hydrogens (tertiary/aromatic N) is 1. The number of aliphatic hydroxyl groups is 1. The SMILES string of the molecule is C[C@@H](O)[C@@H](NC(=O)N1CC(OCc2ccccc2)C1)C(=O)O. The molecular weight excluding hydrogens is 288 g/mol. The summed E-state index contributed by atoms with van der Waals surface area (Å²) in [4.78, 5) is 24.2. The number of ether oxygens (including phenoxy) is 1. The smallest absolute Gasteiger partial charge is 0.328 e. The number of aliphatic carboxylic acids is 1. The number of likely N-dealkylation sites (tertiary alicyclic amines) is 1. The summed E-state index contributed by atoms with van der Waals surface area (Å²) in [5.74, 6) is -1.26. The zero-order valence-electron chi connectivity index (χ0n) is 12.3. The molecule has 3 N–H and O–H groups in total. The number of hydrogen-bond donors (Lipinski definition) is 3. The molecule has 7 heteroatoms. The minimum absolute atomic E-state index is 0.0548. The first-order valence-electron chi connectivity index (χ1n) is 7.09. The van der Waals surface area contributed by atoms with Crippen molar-refractivity contribution in [2.24, 2.45) is 0 Å². The van der Waals surface area contributed by atoms with Crippen LogP contribution in [-0.2, 0) is 16.1 Å². The highest BCUT2D eigenvalue weighted by Gasteiger charge is 2.34. The summed E-state index contributed by atoms with van der Waals surface area (Å²) in [6, 6.07) is 7.90. The number of carbonyl (C=O) groups is 2. The maximum atomic E-state index is 11.8. The van der Waals surface area contributed by atoms with E-state index in [9.17, 15) is 14.7 Å². The number of carbonyl (C=O) groups excluding carboxylic acids is 1. The highest BCUT2D eigenvalue weighted by Crippen LogP contribution is 2.14. The number of carboxylic acid groups (broad SMARTS) is 1. The molecule has 1 fully saturated rings. The van der Waals surface area contributed by atoms with Gasteiger partial charge in [-0.1, -0.05) is 30.3 Å². The van der Waals surface area contributed by atoms with Crippen LogP contribution in [0.3, 0.4) is 0 Å². The first-order chi connectivity index (χ1) is 10.5. The molecule has 1 heterocycles. The van der Waals surface area contributed by atoms with Gasteiger partial charge in [0.25, 0.3) is 0 Å². The monoisotopic (exact) mass is 308 g/mol. The van der Waals surface area contributed by atoms with Crippen LogP contribution in [0.1, 0.15) is 12.5 Å². The Morgan fingerprint density at radius 3 is 2.55 bits per heavy atom. The Kier molecular flexibility index (Phi) is 5.35. The number of rotatable bonds is 6. The van der Waals surface area contributed by atoms with Crippen molar-refractivity contribution >= 4 is 12.0 Å². The van der Waals surface area contributed by atoms with Crippen LogP contribution >= 0.6 is 0 Å². The quantitative estimate of drug-likeness (QED) is 0.708. The van der Waals surface area contributed by atoms with Crippen molar-refractivity contribution in [1.82, 2.24) is 10.2 Å². The van der Waals surface area contributed by atoms with Gasteiger partial charge in [-0.15, -0.1) is 0 Å². The van der Waals surface area contributed by atoms with E-state index < -0.39 is 24.1 Å².